The van der Waals surface area contributed by atoms with Crippen LogP contribution in [-0.2, 0) is 6.42 Å². The van der Waals surface area contributed by atoms with E-state index in [2.05, 4.69) is 5.10 Å². The molecule has 0 saturated heterocycles. The summed E-state index contributed by atoms with van der Waals surface area (Å²) in [5.41, 5.74) is 2.83. The standard InChI is InChI=1S/C18H16N2O/c21-18(15-7-3-1-4-8-15)12-11-17-13-14-19-20(17)16-9-5-2-6-10-16/h1-10,13-14H,11-12H2. The van der Waals surface area contributed by atoms with E-state index in [1.54, 1.807) is 6.20 Å². The molecule has 0 bridgehead atoms. The molecular formula is C18H16N2O. The molecule has 0 fully saturated rings. The van der Waals surface area contributed by atoms with Crippen molar-refractivity contribution in [3.63, 3.8) is 0 Å². The van der Waals surface area contributed by atoms with Crippen LogP contribution in [0.5, 0.6) is 0 Å². The normalized spacial score (nSPS) is 10.5. The summed E-state index contributed by atoms with van der Waals surface area (Å²) in [5.74, 6) is 0.163. The zero-order valence-corrected chi connectivity index (χ0v) is 11.6. The summed E-state index contributed by atoms with van der Waals surface area (Å²) < 4.78 is 1.89. The minimum Gasteiger partial charge on any atom is -0.294 e. The number of carbonyl (C=O) groups excluding carboxylic acids is 1. The van der Waals surface area contributed by atoms with Crippen LogP contribution in [0, 0.1) is 0 Å². The molecular weight excluding hydrogens is 260 g/mol. The van der Waals surface area contributed by atoms with Gasteiger partial charge in [-0.25, -0.2) is 4.68 Å². The molecule has 0 atom stereocenters. The van der Waals surface area contributed by atoms with E-state index < -0.39 is 0 Å². The average molecular weight is 276 g/mol. The molecule has 21 heavy (non-hydrogen) atoms. The Bertz CT molecular complexity index is 717. The van der Waals surface area contributed by atoms with Gasteiger partial charge in [-0.1, -0.05) is 48.5 Å². The Hall–Kier alpha value is -2.68. The van der Waals surface area contributed by atoms with Crippen molar-refractivity contribution in [2.75, 3.05) is 0 Å². The first-order chi connectivity index (χ1) is 10.3. The molecule has 0 unspecified atom stereocenters. The molecule has 104 valence electrons. The van der Waals surface area contributed by atoms with E-state index in [0.717, 1.165) is 16.9 Å². The molecule has 0 aliphatic carbocycles. The van der Waals surface area contributed by atoms with Crippen LogP contribution in [0.15, 0.2) is 72.9 Å². The van der Waals surface area contributed by atoms with Crippen LogP contribution in [-0.4, -0.2) is 15.6 Å². The summed E-state index contributed by atoms with van der Waals surface area (Å²) in [6.45, 7) is 0. The Labute approximate surface area is 123 Å². The number of aromatic nitrogens is 2. The number of aryl methyl sites for hydroxylation is 1. The maximum atomic E-state index is 12.2. The third-order valence-electron chi connectivity index (χ3n) is 3.43. The van der Waals surface area contributed by atoms with Crippen LogP contribution in [0.25, 0.3) is 5.69 Å². The van der Waals surface area contributed by atoms with E-state index in [1.807, 2.05) is 71.4 Å². The highest BCUT2D eigenvalue weighted by molar-refractivity contribution is 5.96. The molecule has 1 heterocycles. The summed E-state index contributed by atoms with van der Waals surface area (Å²) in [6.07, 6.45) is 2.94. The first-order valence-electron chi connectivity index (χ1n) is 7.01. The fraction of sp³-hybridized carbons (Fsp3) is 0.111. The highest BCUT2D eigenvalue weighted by Crippen LogP contribution is 2.13. The summed E-state index contributed by atoms with van der Waals surface area (Å²) in [6, 6.07) is 21.3. The number of hydrogen-bond donors (Lipinski definition) is 0. The molecule has 0 amide bonds. The number of carbonyl (C=O) groups is 1. The maximum absolute atomic E-state index is 12.2. The van der Waals surface area contributed by atoms with Gasteiger partial charge in [0.15, 0.2) is 5.78 Å². The summed E-state index contributed by atoms with van der Waals surface area (Å²) >= 11 is 0. The third kappa shape index (κ3) is 3.08. The Balaban J connectivity index is 1.73. The fourth-order valence-corrected chi connectivity index (χ4v) is 2.33. The van der Waals surface area contributed by atoms with Gasteiger partial charge in [0.2, 0.25) is 0 Å². The van der Waals surface area contributed by atoms with E-state index in [-0.39, 0.29) is 5.78 Å². The average Bonchev–Trinajstić information content (AvgIpc) is 3.03. The number of rotatable bonds is 5. The summed E-state index contributed by atoms with van der Waals surface area (Å²) in [5, 5.41) is 4.34. The SMILES string of the molecule is O=C(CCc1ccnn1-c1ccccc1)c1ccccc1. The fourth-order valence-electron chi connectivity index (χ4n) is 2.33. The lowest BCUT2D eigenvalue weighted by Crippen LogP contribution is -2.06. The van der Waals surface area contributed by atoms with Gasteiger partial charge in [0.25, 0.3) is 0 Å². The maximum Gasteiger partial charge on any atom is 0.163 e. The minimum atomic E-state index is 0.163. The lowest BCUT2D eigenvalue weighted by molar-refractivity contribution is 0.0982. The van der Waals surface area contributed by atoms with Gasteiger partial charge in [0.1, 0.15) is 0 Å². The Morgan fingerprint density at radius 1 is 0.905 bits per heavy atom. The minimum absolute atomic E-state index is 0.163. The quantitative estimate of drug-likeness (QED) is 0.666. The molecule has 3 aromatic rings. The molecule has 3 heteroatoms. The van der Waals surface area contributed by atoms with Crippen molar-refractivity contribution in [1.29, 1.82) is 0 Å². The molecule has 3 nitrogen and oxygen atoms in total. The van der Waals surface area contributed by atoms with Crippen molar-refractivity contribution in [2.24, 2.45) is 0 Å². The number of benzene rings is 2. The molecule has 0 N–H and O–H groups in total. The van der Waals surface area contributed by atoms with E-state index in [9.17, 15) is 4.79 Å². The van der Waals surface area contributed by atoms with Gasteiger partial charge in [-0.3, -0.25) is 4.79 Å². The van der Waals surface area contributed by atoms with Gasteiger partial charge in [0.05, 0.1) is 5.69 Å². The molecule has 0 saturated carbocycles. The van der Waals surface area contributed by atoms with Gasteiger partial charge in [0, 0.05) is 23.9 Å². The first-order valence-corrected chi connectivity index (χ1v) is 7.01. The molecule has 0 radical (unpaired) electrons. The first kappa shape index (κ1) is 13.3. The van der Waals surface area contributed by atoms with Crippen LogP contribution in [0.3, 0.4) is 0 Å². The van der Waals surface area contributed by atoms with Gasteiger partial charge in [-0.2, -0.15) is 5.10 Å². The summed E-state index contributed by atoms with van der Waals surface area (Å²) in [7, 11) is 0. The van der Waals surface area contributed by atoms with Crippen molar-refractivity contribution >= 4 is 5.78 Å². The molecule has 1 aromatic heterocycles. The van der Waals surface area contributed by atoms with Crippen molar-refractivity contribution in [2.45, 2.75) is 12.8 Å². The van der Waals surface area contributed by atoms with Crippen LogP contribution in [0.1, 0.15) is 22.5 Å². The highest BCUT2D eigenvalue weighted by Gasteiger charge is 2.09. The van der Waals surface area contributed by atoms with Crippen LogP contribution < -0.4 is 0 Å². The van der Waals surface area contributed by atoms with Crippen molar-refractivity contribution in [3.8, 4) is 5.69 Å². The molecule has 0 aliphatic heterocycles. The second-order valence-electron chi connectivity index (χ2n) is 4.86. The smallest absolute Gasteiger partial charge is 0.163 e. The lowest BCUT2D eigenvalue weighted by atomic mass is 10.1. The van der Waals surface area contributed by atoms with Crippen molar-refractivity contribution in [3.05, 3.63) is 84.2 Å². The molecule has 3 rings (SSSR count). The summed E-state index contributed by atoms with van der Waals surface area (Å²) in [4.78, 5) is 12.2. The lowest BCUT2D eigenvalue weighted by Gasteiger charge is -2.07. The van der Waals surface area contributed by atoms with E-state index in [1.165, 1.54) is 0 Å². The topological polar surface area (TPSA) is 34.9 Å². The van der Waals surface area contributed by atoms with Gasteiger partial charge < -0.3 is 0 Å². The van der Waals surface area contributed by atoms with Crippen molar-refractivity contribution in [1.82, 2.24) is 9.78 Å². The number of para-hydroxylation sites is 1. The Morgan fingerprint density at radius 3 is 2.29 bits per heavy atom. The second-order valence-corrected chi connectivity index (χ2v) is 4.86. The van der Waals surface area contributed by atoms with Gasteiger partial charge in [-0.05, 0) is 24.6 Å². The predicted octanol–water partition coefficient (Wildman–Crippen LogP) is 3.69. The highest BCUT2D eigenvalue weighted by atomic mass is 16.1. The number of ketones is 1. The monoisotopic (exact) mass is 276 g/mol. The van der Waals surface area contributed by atoms with E-state index in [4.69, 9.17) is 0 Å². The zero-order valence-electron chi connectivity index (χ0n) is 11.6. The third-order valence-corrected chi connectivity index (χ3v) is 3.43. The molecule has 2 aromatic carbocycles. The van der Waals surface area contributed by atoms with Crippen LogP contribution in [0.4, 0.5) is 0 Å². The van der Waals surface area contributed by atoms with Crippen LogP contribution in [0.2, 0.25) is 0 Å². The van der Waals surface area contributed by atoms with Gasteiger partial charge in [-0.15, -0.1) is 0 Å². The Kier molecular flexibility index (Phi) is 3.92. The zero-order chi connectivity index (χ0) is 14.5. The van der Waals surface area contributed by atoms with E-state index in [0.29, 0.717) is 12.8 Å². The largest absolute Gasteiger partial charge is 0.294 e. The predicted molar refractivity (Wildman–Crippen MR) is 82.7 cm³/mol. The van der Waals surface area contributed by atoms with Gasteiger partial charge >= 0.3 is 0 Å². The van der Waals surface area contributed by atoms with E-state index >= 15 is 0 Å². The van der Waals surface area contributed by atoms with Crippen LogP contribution >= 0.6 is 0 Å². The van der Waals surface area contributed by atoms with Crippen molar-refractivity contribution < 1.29 is 4.79 Å². The number of hydrogen-bond acceptors (Lipinski definition) is 2. The molecule has 0 aliphatic rings. The number of Topliss-reactive ketones (excluding diaryl/α,β-unsaturated/α-hetero) is 1. The number of nitrogens with zero attached hydrogens (tertiary/aromatic N) is 2. The second kappa shape index (κ2) is 6.18. The molecule has 0 spiro atoms. The Morgan fingerprint density at radius 2 is 1.57 bits per heavy atom.